The molecule has 0 atom stereocenters. The Morgan fingerprint density at radius 3 is 2.06 bits per heavy atom. The zero-order valence-electron chi connectivity index (χ0n) is 17.7. The van der Waals surface area contributed by atoms with E-state index < -0.39 is 10.1 Å². The molecule has 1 N–H and O–H groups in total. The Morgan fingerprint density at radius 1 is 0.938 bits per heavy atom. The van der Waals surface area contributed by atoms with Crippen LogP contribution in [-0.4, -0.2) is 24.5 Å². The number of para-hydroxylation sites is 2. The highest BCUT2D eigenvalue weighted by Crippen LogP contribution is 2.48. The second-order valence-corrected chi connectivity index (χ2v) is 11.0. The molecule has 0 amide bonds. The molecule has 0 unspecified atom stereocenters. The molecule has 166 valence electrons. The first-order chi connectivity index (χ1) is 15.3. The first-order valence-electron chi connectivity index (χ1n) is 10.3. The highest BCUT2D eigenvalue weighted by atomic mass is 35.5. The van der Waals surface area contributed by atoms with E-state index in [1.165, 1.54) is 11.1 Å². The summed E-state index contributed by atoms with van der Waals surface area (Å²) < 4.78 is 31.1. The van der Waals surface area contributed by atoms with E-state index in [2.05, 4.69) is 48.2 Å². The fourth-order valence-electron chi connectivity index (χ4n) is 3.98. The molecule has 0 spiro atoms. The molecule has 3 aromatic carbocycles. The summed E-state index contributed by atoms with van der Waals surface area (Å²) >= 11 is 7.71. The molecule has 0 saturated heterocycles. The Bertz CT molecular complexity index is 1200. The molecule has 4 rings (SSSR count). The number of benzene rings is 3. The molecule has 32 heavy (non-hydrogen) atoms. The van der Waals surface area contributed by atoms with Gasteiger partial charge in [0.05, 0.1) is 5.75 Å². The third kappa shape index (κ3) is 5.21. The molecular weight excluding hydrogens is 462 g/mol. The quantitative estimate of drug-likeness (QED) is 0.295. The summed E-state index contributed by atoms with van der Waals surface area (Å²) in [6, 6.07) is 24.7. The van der Waals surface area contributed by atoms with Crippen molar-refractivity contribution in [2.45, 2.75) is 19.9 Å². The number of halogens is 1. The van der Waals surface area contributed by atoms with E-state index in [0.717, 1.165) is 39.0 Å². The van der Waals surface area contributed by atoms with Crippen molar-refractivity contribution in [3.8, 4) is 0 Å². The maximum absolute atomic E-state index is 11.0. The molecule has 1 aliphatic heterocycles. The molecule has 0 fully saturated rings. The summed E-state index contributed by atoms with van der Waals surface area (Å²) in [5.41, 5.74) is 6.91. The Labute approximate surface area is 198 Å². The van der Waals surface area contributed by atoms with Crippen LogP contribution >= 0.6 is 23.4 Å². The zero-order chi connectivity index (χ0) is 22.7. The fourth-order valence-corrected chi connectivity index (χ4v) is 5.75. The summed E-state index contributed by atoms with van der Waals surface area (Å²) in [4.78, 5) is 3.46. The van der Waals surface area contributed by atoms with Gasteiger partial charge in [-0.2, -0.15) is 8.42 Å². The molecular formula is C25H24ClNO3S2. The van der Waals surface area contributed by atoms with Crippen LogP contribution in [0.25, 0.3) is 5.57 Å². The summed E-state index contributed by atoms with van der Waals surface area (Å²) in [7, 11) is -3.93. The lowest BCUT2D eigenvalue weighted by molar-refractivity contribution is 0.482. The van der Waals surface area contributed by atoms with Crippen molar-refractivity contribution >= 4 is 50.4 Å². The van der Waals surface area contributed by atoms with Gasteiger partial charge in [-0.3, -0.25) is 4.55 Å². The van der Waals surface area contributed by atoms with Crippen LogP contribution in [0.2, 0.25) is 5.02 Å². The van der Waals surface area contributed by atoms with Gasteiger partial charge in [0.15, 0.2) is 0 Å². The number of rotatable bonds is 7. The molecule has 0 aromatic heterocycles. The summed E-state index contributed by atoms with van der Waals surface area (Å²) in [6.45, 7) is 2.80. The number of hydrogen-bond donors (Lipinski definition) is 1. The summed E-state index contributed by atoms with van der Waals surface area (Å²) in [6.07, 6.45) is 0.403. The molecule has 0 aliphatic carbocycles. The van der Waals surface area contributed by atoms with Crippen LogP contribution in [0.3, 0.4) is 0 Å². The van der Waals surface area contributed by atoms with Gasteiger partial charge in [-0.1, -0.05) is 60.1 Å². The first kappa shape index (κ1) is 22.9. The molecule has 1 aliphatic rings. The van der Waals surface area contributed by atoms with Gasteiger partial charge in [-0.25, -0.2) is 0 Å². The van der Waals surface area contributed by atoms with Crippen LogP contribution in [-0.2, 0) is 16.7 Å². The topological polar surface area (TPSA) is 57.6 Å². The second kappa shape index (κ2) is 9.71. The van der Waals surface area contributed by atoms with Crippen molar-refractivity contribution in [2.75, 3.05) is 16.4 Å². The lowest BCUT2D eigenvalue weighted by Gasteiger charge is -2.35. The Balaban J connectivity index is 1.72. The highest BCUT2D eigenvalue weighted by Gasteiger charge is 2.27. The van der Waals surface area contributed by atoms with Gasteiger partial charge in [-0.05, 0) is 53.8 Å². The summed E-state index contributed by atoms with van der Waals surface area (Å²) in [5, 5.41) is 0.722. The van der Waals surface area contributed by atoms with Crippen LogP contribution in [0.5, 0.6) is 0 Å². The van der Waals surface area contributed by atoms with Crippen LogP contribution in [0, 0.1) is 0 Å². The molecule has 4 nitrogen and oxygen atoms in total. The average molecular weight is 486 g/mol. The standard InChI is InChI=1S/C25H24ClNO3S2/c1-18(31-15-6-16-32(28,29)30)25-21-7-2-4-9-23(21)27(24-10-5-3-8-22(24)25)17-19-11-13-20(26)14-12-19/h2-5,7-14H,6,15-17H2,1H3,(H,28,29,30). The maximum atomic E-state index is 11.0. The maximum Gasteiger partial charge on any atom is 0.264 e. The average Bonchev–Trinajstić information content (AvgIpc) is 2.77. The van der Waals surface area contributed by atoms with Crippen molar-refractivity contribution in [1.82, 2.24) is 0 Å². The first-order valence-corrected chi connectivity index (χ1v) is 13.3. The normalized spacial score (nSPS) is 13.0. The Morgan fingerprint density at radius 2 is 1.50 bits per heavy atom. The number of fused-ring (bicyclic) bond motifs is 2. The van der Waals surface area contributed by atoms with Crippen LogP contribution < -0.4 is 4.90 Å². The minimum Gasteiger partial charge on any atom is -0.336 e. The monoisotopic (exact) mass is 485 g/mol. The third-order valence-corrected chi connectivity index (χ3v) is 7.59. The minimum atomic E-state index is -3.93. The molecule has 0 saturated carbocycles. The minimum absolute atomic E-state index is 0.218. The Hall–Kier alpha value is -2.25. The number of thioether (sulfide) groups is 1. The van der Waals surface area contributed by atoms with Gasteiger partial charge in [0.1, 0.15) is 0 Å². The molecule has 0 radical (unpaired) electrons. The van der Waals surface area contributed by atoms with Crippen LogP contribution in [0.1, 0.15) is 30.0 Å². The highest BCUT2D eigenvalue weighted by molar-refractivity contribution is 8.03. The van der Waals surface area contributed by atoms with Gasteiger partial charge in [-0.15, -0.1) is 11.8 Å². The van der Waals surface area contributed by atoms with Crippen LogP contribution in [0.15, 0.2) is 77.7 Å². The predicted octanol–water partition coefficient (Wildman–Crippen LogP) is 6.78. The van der Waals surface area contributed by atoms with Crippen molar-refractivity contribution < 1.29 is 13.0 Å². The van der Waals surface area contributed by atoms with Gasteiger partial charge in [0.25, 0.3) is 10.1 Å². The van der Waals surface area contributed by atoms with Crippen molar-refractivity contribution in [3.63, 3.8) is 0 Å². The predicted molar refractivity (Wildman–Crippen MR) is 135 cm³/mol. The van der Waals surface area contributed by atoms with Gasteiger partial charge < -0.3 is 4.90 Å². The van der Waals surface area contributed by atoms with E-state index in [1.807, 2.05) is 36.4 Å². The zero-order valence-corrected chi connectivity index (χ0v) is 20.1. The number of allylic oxidation sites excluding steroid dienone is 1. The van der Waals surface area contributed by atoms with Crippen molar-refractivity contribution in [1.29, 1.82) is 0 Å². The molecule has 7 heteroatoms. The fraction of sp³-hybridized carbons (Fsp3) is 0.200. The van der Waals surface area contributed by atoms with Gasteiger partial charge in [0, 0.05) is 39.6 Å². The van der Waals surface area contributed by atoms with E-state index in [-0.39, 0.29) is 5.75 Å². The van der Waals surface area contributed by atoms with Crippen molar-refractivity contribution in [2.24, 2.45) is 0 Å². The molecule has 1 heterocycles. The Kier molecular flexibility index (Phi) is 6.96. The van der Waals surface area contributed by atoms with Crippen molar-refractivity contribution in [3.05, 3.63) is 99.4 Å². The largest absolute Gasteiger partial charge is 0.336 e. The number of nitrogens with zero attached hydrogens (tertiary/aromatic N) is 1. The molecule has 3 aromatic rings. The van der Waals surface area contributed by atoms with E-state index in [9.17, 15) is 8.42 Å². The van der Waals surface area contributed by atoms with E-state index in [0.29, 0.717) is 12.2 Å². The number of anilines is 2. The lowest BCUT2D eigenvalue weighted by Crippen LogP contribution is -2.22. The van der Waals surface area contributed by atoms with E-state index >= 15 is 0 Å². The van der Waals surface area contributed by atoms with Crippen LogP contribution in [0.4, 0.5) is 11.4 Å². The van der Waals surface area contributed by atoms with Gasteiger partial charge in [0.2, 0.25) is 0 Å². The van der Waals surface area contributed by atoms with E-state index in [4.69, 9.17) is 16.2 Å². The number of hydrogen-bond acceptors (Lipinski definition) is 4. The lowest BCUT2D eigenvalue weighted by atomic mass is 9.89. The van der Waals surface area contributed by atoms with E-state index in [1.54, 1.807) is 11.8 Å². The second-order valence-electron chi connectivity index (χ2n) is 7.67. The smallest absolute Gasteiger partial charge is 0.264 e. The molecule has 0 bridgehead atoms. The van der Waals surface area contributed by atoms with Gasteiger partial charge >= 0.3 is 0 Å². The summed E-state index contributed by atoms with van der Waals surface area (Å²) in [5.74, 6) is 0.401. The third-order valence-electron chi connectivity index (χ3n) is 5.40. The SMILES string of the molecule is CC(SCCCS(=O)(=O)O)=C1c2ccccc2N(Cc2ccc(Cl)cc2)c2ccccc21.